The van der Waals surface area contributed by atoms with Crippen molar-refractivity contribution in [3.63, 3.8) is 0 Å². The van der Waals surface area contributed by atoms with Crippen LogP contribution in [0.3, 0.4) is 0 Å². The third-order valence-electron chi connectivity index (χ3n) is 8.74. The molecule has 4 aliphatic rings. The van der Waals surface area contributed by atoms with E-state index in [0.29, 0.717) is 25.2 Å². The van der Waals surface area contributed by atoms with Gasteiger partial charge in [-0.2, -0.15) is 13.2 Å². The molecule has 2 bridgehead atoms. The Hall–Kier alpha value is -2.20. The molecule has 3 unspecified atom stereocenters. The quantitative estimate of drug-likeness (QED) is 0.434. The first-order chi connectivity index (χ1) is 15.3. The largest absolute Gasteiger partial charge is 0.445 e. The molecule has 4 atom stereocenters. The van der Waals surface area contributed by atoms with Gasteiger partial charge in [0.05, 0.1) is 5.69 Å². The molecule has 8 heteroatoms. The van der Waals surface area contributed by atoms with Crippen LogP contribution in [0.25, 0.3) is 0 Å². The summed E-state index contributed by atoms with van der Waals surface area (Å²) in [5, 5.41) is 0.0361. The molecule has 1 aliphatic heterocycles. The highest BCUT2D eigenvalue weighted by molar-refractivity contribution is 6.31. The number of alkyl halides is 3. The van der Waals surface area contributed by atoms with Crippen LogP contribution in [0.5, 0.6) is 0 Å². The third kappa shape index (κ3) is 3.06. The fraction of sp³-hybridized carbons (Fsp3) is 0.600. The summed E-state index contributed by atoms with van der Waals surface area (Å²) in [5.74, 6) is 3.97. The predicted molar refractivity (Wildman–Crippen MR) is 116 cm³/mol. The average molecular weight is 480 g/mol. The number of amides is 2. The molecule has 0 aromatic heterocycles. The van der Waals surface area contributed by atoms with Crippen LogP contribution >= 0.6 is 11.6 Å². The van der Waals surface area contributed by atoms with Crippen LogP contribution in [0.15, 0.2) is 18.2 Å². The van der Waals surface area contributed by atoms with Crippen LogP contribution in [-0.4, -0.2) is 18.2 Å². The van der Waals surface area contributed by atoms with Gasteiger partial charge in [0.25, 0.3) is 5.60 Å². The summed E-state index contributed by atoms with van der Waals surface area (Å²) in [4.78, 5) is 27.6. The Balaban J connectivity index is 1.63. The number of hydrogen-bond donors (Lipinski definition) is 0. The van der Waals surface area contributed by atoms with Crippen molar-refractivity contribution in [2.45, 2.75) is 64.7 Å². The molecule has 1 aromatic rings. The summed E-state index contributed by atoms with van der Waals surface area (Å²) in [6.45, 7) is 6.30. The van der Waals surface area contributed by atoms with Crippen molar-refractivity contribution < 1.29 is 27.5 Å². The van der Waals surface area contributed by atoms with E-state index in [0.717, 1.165) is 23.8 Å². The molecule has 33 heavy (non-hydrogen) atoms. The van der Waals surface area contributed by atoms with Crippen LogP contribution in [0.1, 0.15) is 58.4 Å². The average Bonchev–Trinajstić information content (AvgIpc) is 3.49. The number of anilines is 1. The molecule has 2 amide bonds. The van der Waals surface area contributed by atoms with Crippen LogP contribution in [-0.2, 0) is 15.1 Å². The normalized spacial score (nSPS) is 34.4. The fourth-order valence-corrected chi connectivity index (χ4v) is 6.23. The molecular formula is C25H25ClF3NO3. The van der Waals surface area contributed by atoms with Crippen molar-refractivity contribution in [3.8, 4) is 11.8 Å². The fourth-order valence-electron chi connectivity index (χ4n) is 6.06. The molecule has 4 nitrogen and oxygen atoms in total. The number of carbonyl (C=O) groups excluding carboxylic acids is 2. The Morgan fingerprint density at radius 1 is 1.21 bits per heavy atom. The summed E-state index contributed by atoms with van der Waals surface area (Å²) < 4.78 is 48.4. The van der Waals surface area contributed by atoms with E-state index in [4.69, 9.17) is 16.3 Å². The Bertz CT molecular complexity index is 1120. The van der Waals surface area contributed by atoms with Gasteiger partial charge in [0.2, 0.25) is 5.91 Å². The number of hydrogen-bond acceptors (Lipinski definition) is 3. The van der Waals surface area contributed by atoms with Gasteiger partial charge in [-0.25, -0.2) is 9.69 Å². The second kappa shape index (κ2) is 6.91. The summed E-state index contributed by atoms with van der Waals surface area (Å²) >= 11 is 6.07. The highest BCUT2D eigenvalue weighted by Gasteiger charge is 2.67. The van der Waals surface area contributed by atoms with Crippen LogP contribution < -0.4 is 4.90 Å². The monoisotopic (exact) mass is 479 g/mol. The number of fused-ring (bicyclic) bond motifs is 3. The van der Waals surface area contributed by atoms with Crippen molar-refractivity contribution in [2.24, 2.45) is 28.6 Å². The zero-order chi connectivity index (χ0) is 24.0. The van der Waals surface area contributed by atoms with E-state index in [1.165, 1.54) is 12.1 Å². The first-order valence-corrected chi connectivity index (χ1v) is 11.7. The Labute approximate surface area is 195 Å². The van der Waals surface area contributed by atoms with E-state index in [1.54, 1.807) is 0 Å². The van der Waals surface area contributed by atoms with Crippen LogP contribution in [0.4, 0.5) is 23.7 Å². The van der Waals surface area contributed by atoms with E-state index < -0.39 is 35.3 Å². The van der Waals surface area contributed by atoms with Crippen molar-refractivity contribution in [2.75, 3.05) is 4.90 Å². The van der Waals surface area contributed by atoms with Crippen molar-refractivity contribution in [3.05, 3.63) is 28.8 Å². The van der Waals surface area contributed by atoms with E-state index in [-0.39, 0.29) is 27.5 Å². The maximum absolute atomic E-state index is 14.4. The maximum atomic E-state index is 14.4. The predicted octanol–water partition coefficient (Wildman–Crippen LogP) is 6.46. The SMILES string of the molecule is CC1(C)C2CC[C@@]1(C)C(C(=O)N1C(=O)OC(C#CC3CC3)(C(F)(F)F)c3cc(Cl)ccc31)C2. The van der Waals surface area contributed by atoms with Crippen LogP contribution in [0.2, 0.25) is 5.02 Å². The van der Waals surface area contributed by atoms with Crippen molar-refractivity contribution in [1.82, 2.24) is 0 Å². The highest BCUT2D eigenvalue weighted by atomic mass is 35.5. The third-order valence-corrected chi connectivity index (χ3v) is 8.98. The van der Waals surface area contributed by atoms with Gasteiger partial charge in [0.1, 0.15) is 0 Å². The number of cyclic esters (lactones) is 1. The Kier molecular flexibility index (Phi) is 4.73. The molecule has 3 aliphatic carbocycles. The number of benzene rings is 1. The lowest BCUT2D eigenvalue weighted by Crippen LogP contribution is -2.56. The summed E-state index contributed by atoms with van der Waals surface area (Å²) in [5.41, 5.74) is -4.21. The van der Waals surface area contributed by atoms with Gasteiger partial charge in [-0.15, -0.1) is 0 Å². The van der Waals surface area contributed by atoms with Gasteiger partial charge in [0, 0.05) is 22.4 Å². The number of halogens is 4. The van der Waals surface area contributed by atoms with E-state index in [2.05, 4.69) is 25.7 Å². The molecule has 176 valence electrons. The van der Waals surface area contributed by atoms with Gasteiger partial charge < -0.3 is 4.74 Å². The molecule has 1 aromatic carbocycles. The maximum Gasteiger partial charge on any atom is 0.445 e. The zero-order valence-electron chi connectivity index (χ0n) is 18.7. The van der Waals surface area contributed by atoms with Crippen molar-refractivity contribution in [1.29, 1.82) is 0 Å². The van der Waals surface area contributed by atoms with Crippen molar-refractivity contribution >= 4 is 29.3 Å². The summed E-state index contributed by atoms with van der Waals surface area (Å²) in [6, 6.07) is 3.77. The number of ether oxygens (including phenoxy) is 1. The molecule has 5 rings (SSSR count). The van der Waals surface area contributed by atoms with E-state index >= 15 is 0 Å². The Morgan fingerprint density at radius 3 is 2.45 bits per heavy atom. The minimum absolute atomic E-state index is 0.0361. The second-order valence-electron chi connectivity index (χ2n) is 10.6. The number of imide groups is 1. The lowest BCUT2D eigenvalue weighted by Gasteiger charge is -2.43. The number of carbonyl (C=O) groups is 2. The number of rotatable bonds is 1. The molecule has 0 N–H and O–H groups in total. The van der Waals surface area contributed by atoms with Crippen LogP contribution in [0, 0.1) is 40.4 Å². The highest BCUT2D eigenvalue weighted by Crippen LogP contribution is 2.68. The van der Waals surface area contributed by atoms with E-state index in [1.807, 2.05) is 6.92 Å². The van der Waals surface area contributed by atoms with Gasteiger partial charge in [-0.1, -0.05) is 38.3 Å². The molecule has 0 saturated heterocycles. The number of nitrogens with zero attached hydrogens (tertiary/aromatic N) is 1. The molecule has 1 heterocycles. The van der Waals surface area contributed by atoms with E-state index in [9.17, 15) is 22.8 Å². The minimum atomic E-state index is -5.01. The lowest BCUT2D eigenvalue weighted by atomic mass is 9.66. The zero-order valence-corrected chi connectivity index (χ0v) is 19.4. The van der Waals surface area contributed by atoms with Gasteiger partial charge >= 0.3 is 12.3 Å². The second-order valence-corrected chi connectivity index (χ2v) is 11.0. The first-order valence-electron chi connectivity index (χ1n) is 11.3. The Morgan fingerprint density at radius 2 is 1.91 bits per heavy atom. The summed E-state index contributed by atoms with van der Waals surface area (Å²) in [7, 11) is 0. The molecule has 3 saturated carbocycles. The van der Waals surface area contributed by atoms with Gasteiger partial charge in [0.15, 0.2) is 0 Å². The standard InChI is InChI=1S/C25H25ClF3NO3/c1-22(2)15-9-10-23(22,3)18(12-15)20(31)30-19-7-6-16(26)13-17(19)24(25(27,28)29,33-21(30)32)11-8-14-4-5-14/h6-7,13-15,18H,4-5,9-10,12H2,1-3H3/t15?,18?,23-,24?/m0/s1. The molecule has 0 radical (unpaired) electrons. The van der Waals surface area contributed by atoms with Gasteiger partial charge in [-0.3, -0.25) is 4.79 Å². The molecule has 0 spiro atoms. The lowest BCUT2D eigenvalue weighted by molar-refractivity contribution is -0.240. The first kappa shape index (κ1) is 22.6. The smallest absolute Gasteiger partial charge is 0.414 e. The molecular weight excluding hydrogens is 455 g/mol. The minimum Gasteiger partial charge on any atom is -0.414 e. The van der Waals surface area contributed by atoms with Gasteiger partial charge in [-0.05, 0) is 73.0 Å². The topological polar surface area (TPSA) is 46.6 Å². The summed E-state index contributed by atoms with van der Waals surface area (Å²) in [6.07, 6.45) is -2.52. The molecule has 3 fully saturated rings.